The number of nitrogens with one attached hydrogen (secondary N) is 1. The van der Waals surface area contributed by atoms with Gasteiger partial charge in [0, 0.05) is 6.92 Å². The van der Waals surface area contributed by atoms with E-state index in [2.05, 4.69) is 95.5 Å². The van der Waals surface area contributed by atoms with Crippen molar-refractivity contribution < 1.29 is 14.2 Å². The zero-order valence-electron chi connectivity index (χ0n) is 37.9. The lowest BCUT2D eigenvalue weighted by molar-refractivity contribution is -0.347. The molecule has 2 atom stereocenters. The number of unbranched alkanes of at least 4 members (excludes halogenated alkanes) is 18. The van der Waals surface area contributed by atoms with Crippen LogP contribution in [0.25, 0.3) is 0 Å². The van der Waals surface area contributed by atoms with Crippen LogP contribution in [0.2, 0.25) is 0 Å². The fraction of sp³-hybridized carbons (Fsp3) is 0.840. The zero-order chi connectivity index (χ0) is 40.0. The average Bonchev–Trinajstić information content (AvgIpc) is 3.53. The van der Waals surface area contributed by atoms with Crippen LogP contribution in [-0.4, -0.2) is 38.9 Å². The lowest BCUT2D eigenvalue weighted by Crippen LogP contribution is -2.38. The second kappa shape index (κ2) is 37.4. The summed E-state index contributed by atoms with van der Waals surface area (Å²) >= 11 is 0. The number of rotatable bonds is 35. The van der Waals surface area contributed by atoms with Crippen molar-refractivity contribution in [2.45, 2.75) is 240 Å². The van der Waals surface area contributed by atoms with Gasteiger partial charge in [-0.1, -0.05) is 180 Å². The van der Waals surface area contributed by atoms with Crippen LogP contribution in [0.15, 0.2) is 48.6 Å². The van der Waals surface area contributed by atoms with Gasteiger partial charge >= 0.3 is 0 Å². The second-order valence-corrected chi connectivity index (χ2v) is 17.4. The van der Waals surface area contributed by atoms with E-state index in [1.165, 1.54) is 141 Å². The van der Waals surface area contributed by atoms with Crippen LogP contribution < -0.4 is 5.32 Å². The Kier molecular flexibility index (Phi) is 36.6. The van der Waals surface area contributed by atoms with Crippen LogP contribution in [0.5, 0.6) is 0 Å². The second-order valence-electron chi connectivity index (χ2n) is 17.4. The average molecular weight is 758 g/mol. The molecule has 2 unspecified atom stereocenters. The van der Waals surface area contributed by atoms with Crippen molar-refractivity contribution in [1.82, 2.24) is 5.32 Å². The van der Waals surface area contributed by atoms with E-state index in [-0.39, 0.29) is 17.6 Å². The van der Waals surface area contributed by atoms with E-state index in [1.54, 1.807) is 0 Å². The topological polar surface area (TPSA) is 39.7 Å². The molecule has 1 aliphatic heterocycles. The maximum absolute atomic E-state index is 6.71. The summed E-state index contributed by atoms with van der Waals surface area (Å²) in [5.74, 6) is -0.281. The molecule has 54 heavy (non-hydrogen) atoms. The third-order valence-corrected chi connectivity index (χ3v) is 10.5. The van der Waals surface area contributed by atoms with Crippen LogP contribution in [0.3, 0.4) is 0 Å². The first-order valence-corrected chi connectivity index (χ1v) is 23.3. The molecule has 1 rings (SSSR count). The molecule has 1 saturated heterocycles. The van der Waals surface area contributed by atoms with Crippen LogP contribution in [0.1, 0.15) is 222 Å². The van der Waals surface area contributed by atoms with Crippen LogP contribution in [-0.2, 0) is 14.2 Å². The lowest BCUT2D eigenvalue weighted by atomic mass is 9.79. The third kappa shape index (κ3) is 33.0. The molecule has 0 bridgehead atoms. The zero-order valence-corrected chi connectivity index (χ0v) is 37.9. The molecule has 0 radical (unpaired) electrons. The number of ether oxygens (including phenoxy) is 3. The highest BCUT2D eigenvalue weighted by atomic mass is 16.9. The molecule has 0 amide bonds. The highest BCUT2D eigenvalue weighted by Crippen LogP contribution is 2.40. The molecule has 1 aliphatic rings. The van der Waals surface area contributed by atoms with Crippen molar-refractivity contribution in [3.63, 3.8) is 0 Å². The van der Waals surface area contributed by atoms with Crippen molar-refractivity contribution in [3.05, 3.63) is 48.6 Å². The number of hydrogen-bond acceptors (Lipinski definition) is 4. The summed E-state index contributed by atoms with van der Waals surface area (Å²) in [4.78, 5) is 0. The minimum absolute atomic E-state index is 0.0756. The quantitative estimate of drug-likeness (QED) is 0.0516. The molecular weight excluding hydrogens is 663 g/mol. The Morgan fingerprint density at radius 2 is 0.981 bits per heavy atom. The normalized spacial score (nSPS) is 18.1. The summed E-state index contributed by atoms with van der Waals surface area (Å²) in [7, 11) is 3.75. The largest absolute Gasteiger partial charge is 0.325 e. The fourth-order valence-electron chi connectivity index (χ4n) is 7.47. The van der Waals surface area contributed by atoms with Crippen LogP contribution in [0, 0.1) is 11.3 Å². The van der Waals surface area contributed by atoms with Crippen molar-refractivity contribution in [2.24, 2.45) is 11.3 Å². The van der Waals surface area contributed by atoms with Crippen LogP contribution in [0.4, 0.5) is 0 Å². The summed E-state index contributed by atoms with van der Waals surface area (Å²) in [6.07, 6.45) is 53.3. The van der Waals surface area contributed by atoms with E-state index in [9.17, 15) is 0 Å². The van der Waals surface area contributed by atoms with Gasteiger partial charge in [0.25, 0.3) is 5.97 Å². The molecule has 0 saturated carbocycles. The van der Waals surface area contributed by atoms with Crippen molar-refractivity contribution in [2.75, 3.05) is 20.7 Å². The highest BCUT2D eigenvalue weighted by Gasteiger charge is 2.46. The maximum atomic E-state index is 6.71. The summed E-state index contributed by atoms with van der Waals surface area (Å²) in [5.41, 5.74) is 0.0756. The Hall–Kier alpha value is -1.20. The first-order chi connectivity index (χ1) is 26.1. The SMILES string of the molecule is CCCCC/C=C\C/C=C\CCCCCCCCC(CCCCCCCC/C=C\C/C=C\CCCCC)OC1(C)OCC(C(C)(C)CC(C)C)O1.CNC. The summed E-state index contributed by atoms with van der Waals surface area (Å²) in [6.45, 7) is 16.4. The Bertz CT molecular complexity index is 858. The van der Waals surface area contributed by atoms with E-state index >= 15 is 0 Å². The molecule has 1 N–H and O–H groups in total. The van der Waals surface area contributed by atoms with E-state index in [4.69, 9.17) is 14.2 Å². The third-order valence-electron chi connectivity index (χ3n) is 10.5. The predicted octanol–water partition coefficient (Wildman–Crippen LogP) is 15.8. The van der Waals surface area contributed by atoms with Gasteiger partial charge in [-0.25, -0.2) is 0 Å². The molecule has 4 nitrogen and oxygen atoms in total. The molecule has 318 valence electrons. The molecule has 0 aromatic carbocycles. The smallest absolute Gasteiger partial charge is 0.280 e. The Morgan fingerprint density at radius 1 is 0.611 bits per heavy atom. The van der Waals surface area contributed by atoms with Gasteiger partial charge in [-0.15, -0.1) is 0 Å². The van der Waals surface area contributed by atoms with Crippen molar-refractivity contribution >= 4 is 0 Å². The van der Waals surface area contributed by atoms with Gasteiger partial charge in [-0.2, -0.15) is 0 Å². The molecule has 0 spiro atoms. The van der Waals surface area contributed by atoms with Gasteiger partial charge in [0.2, 0.25) is 0 Å². The Morgan fingerprint density at radius 3 is 1.37 bits per heavy atom. The minimum Gasteiger partial charge on any atom is -0.325 e. The van der Waals surface area contributed by atoms with E-state index in [1.807, 2.05) is 21.0 Å². The van der Waals surface area contributed by atoms with Gasteiger partial charge in [-0.05, 0) is 109 Å². The molecule has 1 heterocycles. The standard InChI is InChI=1S/C48H88O3.C2H7N/c1-8-10-12-14-16-18-20-22-24-26-28-30-32-34-36-38-40-45(50-48(7)49-43-46(51-48)47(5,6)42-44(3)4)41-39-37-35-33-31-29-27-25-23-21-19-17-15-13-11-9-2;1-3-2/h16-19,22-25,44-46H,8-15,20-21,26-43H2,1-7H3;3H,1-2H3/b18-16-,19-17-,24-22-,25-23-;. The first-order valence-electron chi connectivity index (χ1n) is 23.3. The summed E-state index contributed by atoms with van der Waals surface area (Å²) < 4.78 is 19.5. The maximum Gasteiger partial charge on any atom is 0.280 e. The molecule has 0 aromatic heterocycles. The van der Waals surface area contributed by atoms with E-state index < -0.39 is 5.97 Å². The molecule has 0 aromatic rings. The van der Waals surface area contributed by atoms with Crippen molar-refractivity contribution in [1.29, 1.82) is 0 Å². The minimum atomic E-state index is -0.916. The van der Waals surface area contributed by atoms with Gasteiger partial charge in [0.15, 0.2) is 0 Å². The molecule has 1 fully saturated rings. The van der Waals surface area contributed by atoms with Gasteiger partial charge in [-0.3, -0.25) is 0 Å². The number of hydrogen-bond donors (Lipinski definition) is 1. The monoisotopic (exact) mass is 758 g/mol. The van der Waals surface area contributed by atoms with E-state index in [0.717, 1.165) is 32.1 Å². The lowest BCUT2D eigenvalue weighted by Gasteiger charge is -2.34. The molecule has 0 aliphatic carbocycles. The van der Waals surface area contributed by atoms with Crippen LogP contribution >= 0.6 is 0 Å². The summed E-state index contributed by atoms with van der Waals surface area (Å²) in [6, 6.07) is 0. The summed E-state index contributed by atoms with van der Waals surface area (Å²) in [5, 5.41) is 2.75. The molecule has 4 heteroatoms. The van der Waals surface area contributed by atoms with Crippen molar-refractivity contribution in [3.8, 4) is 0 Å². The highest BCUT2D eigenvalue weighted by molar-refractivity contribution is 4.93. The fourth-order valence-corrected chi connectivity index (χ4v) is 7.47. The Labute approximate surface area is 339 Å². The predicted molar refractivity (Wildman–Crippen MR) is 240 cm³/mol. The Balaban J connectivity index is 0.00000903. The molecular formula is C50H95NO3. The first kappa shape index (κ1) is 52.8. The van der Waals surface area contributed by atoms with Gasteiger partial charge in [0.05, 0.1) is 18.8 Å². The van der Waals surface area contributed by atoms with Gasteiger partial charge in [0.1, 0.15) is 0 Å². The number of allylic oxidation sites excluding steroid dienone is 8. The van der Waals surface area contributed by atoms with E-state index in [0.29, 0.717) is 12.5 Å². The van der Waals surface area contributed by atoms with Gasteiger partial charge < -0.3 is 19.5 Å².